The molecule has 2 N–H and O–H groups in total. The van der Waals surface area contributed by atoms with Gasteiger partial charge < -0.3 is 19.8 Å². The molecule has 0 radical (unpaired) electrons. The van der Waals surface area contributed by atoms with Crippen LogP contribution in [0.3, 0.4) is 0 Å². The molecule has 2 aromatic rings. The molecule has 8 nitrogen and oxygen atoms in total. The number of anilines is 1. The lowest BCUT2D eigenvalue weighted by molar-refractivity contribution is -0.151. The fourth-order valence-corrected chi connectivity index (χ4v) is 4.79. The molecule has 8 heteroatoms. The number of allylic oxidation sites excluding steroid dienone is 2. The van der Waals surface area contributed by atoms with Crippen LogP contribution >= 0.6 is 0 Å². The smallest absolute Gasteiger partial charge is 0.306 e. The van der Waals surface area contributed by atoms with Gasteiger partial charge in [0.25, 0.3) is 0 Å². The van der Waals surface area contributed by atoms with E-state index in [1.165, 1.54) is 4.57 Å². The van der Waals surface area contributed by atoms with Gasteiger partial charge in [-0.15, -0.1) is 0 Å². The monoisotopic (exact) mass is 468 g/mol. The highest BCUT2D eigenvalue weighted by Gasteiger charge is 2.28. The van der Waals surface area contributed by atoms with E-state index in [1.807, 2.05) is 30.4 Å². The zero-order valence-electron chi connectivity index (χ0n) is 20.0. The Morgan fingerprint density at radius 3 is 2.35 bits per heavy atom. The number of esters is 1. The van der Waals surface area contributed by atoms with Gasteiger partial charge in [0, 0.05) is 56.5 Å². The van der Waals surface area contributed by atoms with Crippen molar-refractivity contribution in [3.8, 4) is 11.8 Å². The Kier molecular flexibility index (Phi) is 8.11. The second-order valence-corrected chi connectivity index (χ2v) is 9.14. The lowest BCUT2D eigenvalue weighted by Gasteiger charge is -2.37. The van der Waals surface area contributed by atoms with Crippen molar-refractivity contribution >= 4 is 11.8 Å². The number of rotatable bonds is 10. The molecule has 1 aliphatic heterocycles. The van der Waals surface area contributed by atoms with Crippen LogP contribution in [0.5, 0.6) is 11.8 Å². The largest absolute Gasteiger partial charge is 0.494 e. The van der Waals surface area contributed by atoms with Gasteiger partial charge in [-0.05, 0) is 31.4 Å². The number of aromatic hydroxyl groups is 2. The maximum atomic E-state index is 12.6. The minimum atomic E-state index is -0.464. The summed E-state index contributed by atoms with van der Waals surface area (Å²) < 4.78 is 7.40. The standard InChI is InChI=1S/C26H36N4O4/c1-2-3-4-12-24(31)34-20(19-30-25(32)21-9-5-6-10-22(21)26(30)33)18-28-14-16-29(17-15-28)23-11-7-8-13-27-23/h5-8,11,13,20,32-33H,2-4,9-10,12,14-19H2,1H3. The number of hydrogen-bond donors (Lipinski definition) is 2. The van der Waals surface area contributed by atoms with Gasteiger partial charge in [0.2, 0.25) is 0 Å². The van der Waals surface area contributed by atoms with E-state index >= 15 is 0 Å². The summed E-state index contributed by atoms with van der Waals surface area (Å²) in [6, 6.07) is 5.93. The van der Waals surface area contributed by atoms with Gasteiger partial charge in [-0.1, -0.05) is 38.0 Å². The number of hydrogen-bond acceptors (Lipinski definition) is 7. The number of nitrogens with zero attached hydrogens (tertiary/aromatic N) is 4. The molecule has 4 rings (SSSR count). The molecule has 1 unspecified atom stereocenters. The molecule has 0 aromatic carbocycles. The fourth-order valence-electron chi connectivity index (χ4n) is 4.79. The van der Waals surface area contributed by atoms with E-state index in [0.717, 1.165) is 62.4 Å². The number of unbranched alkanes of at least 4 members (excludes halogenated alkanes) is 2. The normalized spacial score (nSPS) is 16.9. The Balaban J connectivity index is 1.42. The van der Waals surface area contributed by atoms with E-state index < -0.39 is 6.10 Å². The first-order valence-corrected chi connectivity index (χ1v) is 12.4. The van der Waals surface area contributed by atoms with Crippen LogP contribution in [0.2, 0.25) is 0 Å². The second-order valence-electron chi connectivity index (χ2n) is 9.14. The molecule has 2 aromatic heterocycles. The summed E-state index contributed by atoms with van der Waals surface area (Å²) in [5.74, 6) is 0.901. The van der Waals surface area contributed by atoms with E-state index in [1.54, 1.807) is 6.20 Å². The molecular weight excluding hydrogens is 432 g/mol. The van der Waals surface area contributed by atoms with Crippen molar-refractivity contribution in [2.75, 3.05) is 37.6 Å². The quantitative estimate of drug-likeness (QED) is 0.314. The highest BCUT2D eigenvalue weighted by Crippen LogP contribution is 2.37. The van der Waals surface area contributed by atoms with Gasteiger partial charge in [-0.3, -0.25) is 14.3 Å². The molecule has 1 aliphatic carbocycles. The van der Waals surface area contributed by atoms with Crippen molar-refractivity contribution in [3.63, 3.8) is 0 Å². The van der Waals surface area contributed by atoms with Crippen molar-refractivity contribution in [1.29, 1.82) is 0 Å². The number of ether oxygens (including phenoxy) is 1. The van der Waals surface area contributed by atoms with Crippen LogP contribution in [0, 0.1) is 0 Å². The Morgan fingerprint density at radius 1 is 1.03 bits per heavy atom. The summed E-state index contributed by atoms with van der Waals surface area (Å²) in [4.78, 5) is 21.5. The number of aromatic nitrogens is 2. The molecule has 1 saturated heterocycles. The molecular formula is C26H36N4O4. The molecule has 2 aliphatic rings. The van der Waals surface area contributed by atoms with Crippen LogP contribution in [0.25, 0.3) is 0 Å². The van der Waals surface area contributed by atoms with Crippen LogP contribution in [-0.4, -0.2) is 69.5 Å². The summed E-state index contributed by atoms with van der Waals surface area (Å²) >= 11 is 0. The van der Waals surface area contributed by atoms with E-state index in [-0.39, 0.29) is 24.3 Å². The summed E-state index contributed by atoms with van der Waals surface area (Å²) in [6.45, 7) is 6.21. The van der Waals surface area contributed by atoms with Crippen molar-refractivity contribution < 1.29 is 19.7 Å². The third-order valence-corrected chi connectivity index (χ3v) is 6.70. The topological polar surface area (TPSA) is 91.1 Å². The number of carbonyl (C=O) groups excluding carboxylic acids is 1. The van der Waals surface area contributed by atoms with Crippen LogP contribution in [0.15, 0.2) is 36.5 Å². The number of pyridine rings is 1. The van der Waals surface area contributed by atoms with Crippen molar-refractivity contribution in [2.45, 2.75) is 58.1 Å². The summed E-state index contributed by atoms with van der Waals surface area (Å²) in [5.41, 5.74) is 1.52. The molecule has 34 heavy (non-hydrogen) atoms. The number of piperazine rings is 1. The maximum Gasteiger partial charge on any atom is 0.306 e. The fraction of sp³-hybridized carbons (Fsp3) is 0.538. The van der Waals surface area contributed by atoms with Crippen LogP contribution in [-0.2, 0) is 28.9 Å². The number of carbonyl (C=O) groups is 1. The van der Waals surface area contributed by atoms with Crippen LogP contribution in [0.4, 0.5) is 5.82 Å². The van der Waals surface area contributed by atoms with Gasteiger partial charge in [0.1, 0.15) is 11.9 Å². The van der Waals surface area contributed by atoms with Gasteiger partial charge in [-0.25, -0.2) is 4.98 Å². The van der Waals surface area contributed by atoms with E-state index in [0.29, 0.717) is 25.8 Å². The molecule has 1 atom stereocenters. The Morgan fingerprint density at radius 2 is 1.74 bits per heavy atom. The highest BCUT2D eigenvalue weighted by atomic mass is 16.5. The summed E-state index contributed by atoms with van der Waals surface area (Å²) in [5, 5.41) is 21.6. The third kappa shape index (κ3) is 5.73. The van der Waals surface area contributed by atoms with Gasteiger partial charge in [0.15, 0.2) is 11.8 Å². The van der Waals surface area contributed by atoms with Gasteiger partial charge in [0.05, 0.1) is 6.54 Å². The molecule has 184 valence electrons. The summed E-state index contributed by atoms with van der Waals surface area (Å²) in [6.07, 6.45) is 9.77. The van der Waals surface area contributed by atoms with Crippen LogP contribution < -0.4 is 4.90 Å². The zero-order valence-corrected chi connectivity index (χ0v) is 20.0. The molecule has 0 saturated carbocycles. The molecule has 3 heterocycles. The molecule has 0 amide bonds. The first-order chi connectivity index (χ1) is 16.6. The van der Waals surface area contributed by atoms with Crippen molar-refractivity contribution in [1.82, 2.24) is 14.5 Å². The lowest BCUT2D eigenvalue weighted by Crippen LogP contribution is -2.49. The summed E-state index contributed by atoms with van der Waals surface area (Å²) in [7, 11) is 0. The maximum absolute atomic E-state index is 12.6. The number of fused-ring (bicyclic) bond motifs is 1. The third-order valence-electron chi connectivity index (χ3n) is 6.70. The van der Waals surface area contributed by atoms with Crippen LogP contribution in [0.1, 0.15) is 43.7 Å². The Hall–Kier alpha value is -3.00. The SMILES string of the molecule is CCCCCC(=O)OC(CN1CCN(c2ccccn2)CC1)Cn1c(O)c2c(c1O)CC=CC2. The predicted molar refractivity (Wildman–Crippen MR) is 131 cm³/mol. The van der Waals surface area contributed by atoms with Gasteiger partial charge in [-0.2, -0.15) is 0 Å². The lowest BCUT2D eigenvalue weighted by atomic mass is 10.0. The Labute approximate surface area is 201 Å². The van der Waals surface area contributed by atoms with E-state index in [4.69, 9.17) is 4.74 Å². The van der Waals surface area contributed by atoms with Crippen molar-refractivity contribution in [2.24, 2.45) is 0 Å². The van der Waals surface area contributed by atoms with E-state index in [2.05, 4.69) is 21.7 Å². The predicted octanol–water partition coefficient (Wildman–Crippen LogP) is 3.26. The first-order valence-electron chi connectivity index (χ1n) is 12.4. The molecule has 1 fully saturated rings. The Bertz CT molecular complexity index is 949. The van der Waals surface area contributed by atoms with E-state index in [9.17, 15) is 15.0 Å². The molecule has 0 bridgehead atoms. The highest BCUT2D eigenvalue weighted by molar-refractivity contribution is 5.69. The first kappa shape index (κ1) is 24.1. The average molecular weight is 469 g/mol. The minimum absolute atomic E-state index is 0.0730. The second kappa shape index (κ2) is 11.4. The molecule has 0 spiro atoms. The van der Waals surface area contributed by atoms with Crippen molar-refractivity contribution in [3.05, 3.63) is 47.7 Å². The zero-order chi connectivity index (χ0) is 23.9. The average Bonchev–Trinajstić information content (AvgIpc) is 3.10. The minimum Gasteiger partial charge on any atom is -0.494 e. The van der Waals surface area contributed by atoms with Gasteiger partial charge >= 0.3 is 5.97 Å².